The average molecular weight is 434 g/mol. The van der Waals surface area contributed by atoms with Crippen molar-refractivity contribution in [2.24, 2.45) is 5.10 Å². The highest BCUT2D eigenvalue weighted by Gasteiger charge is 2.12. The van der Waals surface area contributed by atoms with Gasteiger partial charge in [-0.1, -0.05) is 18.5 Å². The first-order valence-electron chi connectivity index (χ1n) is 9.20. The first-order valence-corrected chi connectivity index (χ1v) is 10.5. The Morgan fingerprint density at radius 3 is 2.72 bits per heavy atom. The van der Waals surface area contributed by atoms with Crippen molar-refractivity contribution in [2.75, 3.05) is 18.6 Å². The number of hydrogen-bond acceptors (Lipinski definition) is 6. The molecule has 0 unspecified atom stereocenters. The summed E-state index contributed by atoms with van der Waals surface area (Å²) < 4.78 is 24.4. The molecule has 1 heterocycles. The molecule has 0 aliphatic carbocycles. The second-order valence-corrected chi connectivity index (χ2v) is 7.29. The number of hydrazone groups is 1. The van der Waals surface area contributed by atoms with Gasteiger partial charge in [0.15, 0.2) is 11.5 Å². The topological polar surface area (TPSA) is 55.7 Å². The van der Waals surface area contributed by atoms with Crippen LogP contribution in [0.2, 0.25) is 5.02 Å². The number of hydrogen-bond donors (Lipinski definition) is 1. The first kappa shape index (κ1) is 21.1. The van der Waals surface area contributed by atoms with Crippen molar-refractivity contribution in [3.8, 4) is 22.8 Å². The van der Waals surface area contributed by atoms with Crippen LogP contribution in [0, 0.1) is 5.82 Å². The molecule has 0 saturated carbocycles. The molecule has 2 aromatic carbocycles. The van der Waals surface area contributed by atoms with Gasteiger partial charge in [-0.3, -0.25) is 5.43 Å². The fourth-order valence-electron chi connectivity index (χ4n) is 2.51. The summed E-state index contributed by atoms with van der Waals surface area (Å²) in [5.41, 5.74) is 5.27. The third-order valence-electron chi connectivity index (χ3n) is 3.80. The summed E-state index contributed by atoms with van der Waals surface area (Å²) in [6.45, 7) is 5.00. The van der Waals surface area contributed by atoms with Crippen LogP contribution in [0.15, 0.2) is 46.9 Å². The molecule has 5 nitrogen and oxygen atoms in total. The van der Waals surface area contributed by atoms with E-state index < -0.39 is 0 Å². The number of thiazole rings is 1. The van der Waals surface area contributed by atoms with Crippen LogP contribution in [0.5, 0.6) is 11.5 Å². The molecule has 0 spiro atoms. The summed E-state index contributed by atoms with van der Waals surface area (Å²) in [5, 5.41) is 7.20. The molecule has 152 valence electrons. The third-order valence-corrected chi connectivity index (χ3v) is 4.83. The molecular formula is C21H21ClFN3O2S. The minimum Gasteiger partial charge on any atom is -0.490 e. The van der Waals surface area contributed by atoms with E-state index in [2.05, 4.69) is 15.5 Å². The van der Waals surface area contributed by atoms with Gasteiger partial charge in [0.25, 0.3) is 0 Å². The third kappa shape index (κ3) is 5.68. The van der Waals surface area contributed by atoms with Crippen molar-refractivity contribution >= 4 is 34.3 Å². The number of nitrogens with zero attached hydrogens (tertiary/aromatic N) is 2. The lowest BCUT2D eigenvalue weighted by atomic mass is 10.2. The van der Waals surface area contributed by atoms with Gasteiger partial charge < -0.3 is 9.47 Å². The average Bonchev–Trinajstić information content (AvgIpc) is 3.17. The summed E-state index contributed by atoms with van der Waals surface area (Å²) in [4.78, 5) is 4.45. The molecule has 0 bridgehead atoms. The predicted molar refractivity (Wildman–Crippen MR) is 117 cm³/mol. The van der Waals surface area contributed by atoms with Crippen LogP contribution >= 0.6 is 22.9 Å². The summed E-state index contributed by atoms with van der Waals surface area (Å²) in [6.07, 6.45) is 2.51. The van der Waals surface area contributed by atoms with Gasteiger partial charge in [0.05, 0.1) is 30.1 Å². The van der Waals surface area contributed by atoms with Gasteiger partial charge in [0.2, 0.25) is 5.13 Å². The molecule has 0 aliphatic heterocycles. The maximum atomic E-state index is 13.1. The number of rotatable bonds is 9. The number of nitrogens with one attached hydrogen (secondary N) is 1. The van der Waals surface area contributed by atoms with Crippen molar-refractivity contribution in [1.82, 2.24) is 4.98 Å². The normalized spacial score (nSPS) is 11.0. The van der Waals surface area contributed by atoms with Crippen LogP contribution in [0.3, 0.4) is 0 Å². The highest BCUT2D eigenvalue weighted by molar-refractivity contribution is 7.14. The van der Waals surface area contributed by atoms with Crippen LogP contribution in [0.1, 0.15) is 25.8 Å². The van der Waals surface area contributed by atoms with Crippen molar-refractivity contribution in [3.05, 3.63) is 58.2 Å². The molecule has 0 radical (unpaired) electrons. The molecule has 3 rings (SSSR count). The van der Waals surface area contributed by atoms with E-state index in [-0.39, 0.29) is 5.82 Å². The monoisotopic (exact) mass is 433 g/mol. The SMILES string of the molecule is CCCOc1c(Cl)cc(/C=N\Nc2nc(-c3ccc(F)cc3)cs2)cc1OCC. The Hall–Kier alpha value is -2.64. The predicted octanol–water partition coefficient (Wildman–Crippen LogP) is 6.24. The van der Waals surface area contributed by atoms with E-state index in [4.69, 9.17) is 21.1 Å². The van der Waals surface area contributed by atoms with E-state index in [0.717, 1.165) is 23.2 Å². The molecule has 0 saturated heterocycles. The van der Waals surface area contributed by atoms with E-state index in [1.54, 1.807) is 24.4 Å². The molecule has 1 aromatic heterocycles. The van der Waals surface area contributed by atoms with E-state index in [0.29, 0.717) is 34.9 Å². The lowest BCUT2D eigenvalue weighted by Crippen LogP contribution is -2.02. The minimum atomic E-state index is -0.275. The van der Waals surface area contributed by atoms with Crippen molar-refractivity contribution < 1.29 is 13.9 Å². The summed E-state index contributed by atoms with van der Waals surface area (Å²) >= 11 is 7.77. The number of aromatic nitrogens is 1. The van der Waals surface area contributed by atoms with Crippen LogP contribution in [-0.2, 0) is 0 Å². The molecule has 3 aromatic rings. The van der Waals surface area contributed by atoms with Crippen molar-refractivity contribution in [1.29, 1.82) is 0 Å². The maximum absolute atomic E-state index is 13.1. The fourth-order valence-corrected chi connectivity index (χ4v) is 3.45. The molecule has 0 atom stereocenters. The Bertz CT molecular complexity index is 977. The van der Waals surface area contributed by atoms with Gasteiger partial charge in [-0.05, 0) is 55.3 Å². The molecule has 0 amide bonds. The van der Waals surface area contributed by atoms with Crippen molar-refractivity contribution in [3.63, 3.8) is 0 Å². The highest BCUT2D eigenvalue weighted by atomic mass is 35.5. The smallest absolute Gasteiger partial charge is 0.203 e. The zero-order chi connectivity index (χ0) is 20.6. The lowest BCUT2D eigenvalue weighted by molar-refractivity contribution is 0.277. The lowest BCUT2D eigenvalue weighted by Gasteiger charge is -2.13. The maximum Gasteiger partial charge on any atom is 0.203 e. The van der Waals surface area contributed by atoms with Gasteiger partial charge in [-0.15, -0.1) is 11.3 Å². The van der Waals surface area contributed by atoms with Gasteiger partial charge in [-0.2, -0.15) is 5.10 Å². The van der Waals surface area contributed by atoms with E-state index in [9.17, 15) is 4.39 Å². The number of anilines is 1. The van der Waals surface area contributed by atoms with E-state index in [1.165, 1.54) is 23.5 Å². The van der Waals surface area contributed by atoms with Gasteiger partial charge >= 0.3 is 0 Å². The molecule has 0 aliphatic rings. The van der Waals surface area contributed by atoms with Crippen molar-refractivity contribution in [2.45, 2.75) is 20.3 Å². The Balaban J connectivity index is 1.70. The summed E-state index contributed by atoms with van der Waals surface area (Å²) in [5.74, 6) is 0.857. The minimum absolute atomic E-state index is 0.275. The number of benzene rings is 2. The standard InChI is InChI=1S/C21H21ClFN3O2S/c1-3-9-28-20-17(22)10-14(11-19(20)27-4-2)12-24-26-21-25-18(13-29-21)15-5-7-16(23)8-6-15/h5-8,10-13H,3-4,9H2,1-2H3,(H,25,26)/b24-12-. The fraction of sp³-hybridized carbons (Fsp3) is 0.238. The Labute approximate surface area is 178 Å². The van der Waals surface area contributed by atoms with Gasteiger partial charge in [0, 0.05) is 10.9 Å². The number of ether oxygens (including phenoxy) is 2. The Morgan fingerprint density at radius 2 is 2.00 bits per heavy atom. The van der Waals surface area contributed by atoms with Crippen LogP contribution in [0.25, 0.3) is 11.3 Å². The zero-order valence-corrected chi connectivity index (χ0v) is 17.7. The summed E-state index contributed by atoms with van der Waals surface area (Å²) in [7, 11) is 0. The second-order valence-electron chi connectivity index (χ2n) is 6.03. The van der Waals surface area contributed by atoms with E-state index >= 15 is 0 Å². The molecular weight excluding hydrogens is 413 g/mol. The first-order chi connectivity index (χ1) is 14.1. The highest BCUT2D eigenvalue weighted by Crippen LogP contribution is 2.36. The van der Waals surface area contributed by atoms with Crippen LogP contribution in [-0.4, -0.2) is 24.4 Å². The van der Waals surface area contributed by atoms with Crippen LogP contribution < -0.4 is 14.9 Å². The largest absolute Gasteiger partial charge is 0.490 e. The quantitative estimate of drug-likeness (QED) is 0.320. The zero-order valence-electron chi connectivity index (χ0n) is 16.1. The summed E-state index contributed by atoms with van der Waals surface area (Å²) in [6, 6.07) is 9.80. The molecule has 29 heavy (non-hydrogen) atoms. The molecule has 1 N–H and O–H groups in total. The molecule has 8 heteroatoms. The van der Waals surface area contributed by atoms with E-state index in [1.807, 2.05) is 25.3 Å². The van der Waals surface area contributed by atoms with Crippen LogP contribution in [0.4, 0.5) is 9.52 Å². The Kier molecular flexibility index (Phi) is 7.43. The molecule has 0 fully saturated rings. The Morgan fingerprint density at radius 1 is 1.21 bits per heavy atom. The second kappa shape index (κ2) is 10.2. The van der Waals surface area contributed by atoms with Gasteiger partial charge in [0.1, 0.15) is 5.82 Å². The number of halogens is 2. The van der Waals surface area contributed by atoms with Gasteiger partial charge in [-0.25, -0.2) is 9.37 Å².